The summed E-state index contributed by atoms with van der Waals surface area (Å²) in [6.45, 7) is 1.20. The molecule has 0 fully saturated rings. The fourth-order valence-corrected chi connectivity index (χ4v) is 1.44. The molecule has 2 aromatic carbocycles. The maximum atomic E-state index is 7.64. The van der Waals surface area contributed by atoms with Crippen LogP contribution < -0.4 is 0 Å². The van der Waals surface area contributed by atoms with Crippen LogP contribution in [0.4, 0.5) is 0 Å². The quantitative estimate of drug-likeness (QED) is 0.850. The minimum absolute atomic E-state index is 0.153. The summed E-state index contributed by atoms with van der Waals surface area (Å²) in [7, 11) is 0. The molecule has 2 aromatic rings. The van der Waals surface area contributed by atoms with E-state index in [0.717, 1.165) is 0 Å². The number of terminal acetylenes is 1. The summed E-state index contributed by atoms with van der Waals surface area (Å²) in [5.41, 5.74) is 2.43. The Kier molecular flexibility index (Phi) is 7.80. The van der Waals surface area contributed by atoms with Crippen LogP contribution in [0.25, 0.3) is 0 Å². The lowest BCUT2D eigenvalue weighted by atomic mass is 10.2. The van der Waals surface area contributed by atoms with E-state index in [4.69, 9.17) is 9.84 Å². The van der Waals surface area contributed by atoms with E-state index in [0.29, 0.717) is 13.2 Å². The second kappa shape index (κ2) is 9.90. The van der Waals surface area contributed by atoms with E-state index >= 15 is 0 Å². The van der Waals surface area contributed by atoms with Crippen LogP contribution in [0.3, 0.4) is 0 Å². The van der Waals surface area contributed by atoms with Crippen molar-refractivity contribution in [3.05, 3.63) is 71.8 Å². The Labute approximate surface area is 114 Å². The number of hydrogen-bond acceptors (Lipinski definition) is 2. The van der Waals surface area contributed by atoms with Crippen LogP contribution in [-0.2, 0) is 18.0 Å². The largest absolute Gasteiger partial charge is 0.384 e. The van der Waals surface area contributed by atoms with Gasteiger partial charge in [0, 0.05) is 0 Å². The zero-order valence-corrected chi connectivity index (χ0v) is 10.8. The van der Waals surface area contributed by atoms with Gasteiger partial charge in [-0.3, -0.25) is 0 Å². The molecule has 0 heterocycles. The summed E-state index contributed by atoms with van der Waals surface area (Å²) in [4.78, 5) is 0. The number of rotatable bonds is 4. The van der Waals surface area contributed by atoms with E-state index in [1.165, 1.54) is 11.1 Å². The molecule has 2 rings (SSSR count). The first-order valence-corrected chi connectivity index (χ1v) is 6.06. The number of ether oxygens (including phenoxy) is 1. The van der Waals surface area contributed by atoms with Crippen molar-refractivity contribution >= 4 is 0 Å². The summed E-state index contributed by atoms with van der Waals surface area (Å²) < 4.78 is 5.61. The summed E-state index contributed by atoms with van der Waals surface area (Å²) in [6.07, 6.45) is 4.53. The van der Waals surface area contributed by atoms with Crippen molar-refractivity contribution < 1.29 is 9.84 Å². The molecule has 0 aliphatic rings. The van der Waals surface area contributed by atoms with E-state index in [1.54, 1.807) is 0 Å². The van der Waals surface area contributed by atoms with Gasteiger partial charge >= 0.3 is 0 Å². The highest BCUT2D eigenvalue weighted by Crippen LogP contribution is 2.05. The van der Waals surface area contributed by atoms with E-state index in [-0.39, 0.29) is 6.61 Å². The third-order valence-electron chi connectivity index (χ3n) is 2.31. The Balaban J connectivity index is 0.000000399. The molecule has 0 aliphatic heterocycles. The molecular weight excluding hydrogens is 236 g/mol. The van der Waals surface area contributed by atoms with Gasteiger partial charge in [-0.15, -0.1) is 6.42 Å². The van der Waals surface area contributed by atoms with Crippen molar-refractivity contribution in [2.75, 3.05) is 6.61 Å². The van der Waals surface area contributed by atoms with E-state index in [1.807, 2.05) is 42.3 Å². The van der Waals surface area contributed by atoms with Crippen molar-refractivity contribution in [3.63, 3.8) is 0 Å². The van der Waals surface area contributed by atoms with Gasteiger partial charge in [0.2, 0.25) is 0 Å². The normalized spacial score (nSPS) is 9.05. The third kappa shape index (κ3) is 7.05. The molecule has 0 bridgehead atoms. The van der Waals surface area contributed by atoms with E-state index in [2.05, 4.69) is 30.7 Å². The van der Waals surface area contributed by atoms with Gasteiger partial charge in [-0.1, -0.05) is 66.6 Å². The van der Waals surface area contributed by atoms with Gasteiger partial charge in [-0.2, -0.15) is 0 Å². The fourth-order valence-electron chi connectivity index (χ4n) is 1.44. The van der Waals surface area contributed by atoms with E-state index in [9.17, 15) is 0 Å². The molecule has 0 radical (unpaired) electrons. The zero-order chi connectivity index (χ0) is 13.8. The standard InChI is InChI=1S/C14H14O.C3H4O/c1-3-7-13(8-4-1)11-15-12-14-9-5-2-6-10-14;1-2-3-4/h1-10H,11-12H2;1,4H,3H2. The molecule has 2 nitrogen and oxygen atoms in total. The molecule has 19 heavy (non-hydrogen) atoms. The second-order valence-electron chi connectivity index (χ2n) is 3.83. The third-order valence-corrected chi connectivity index (χ3v) is 2.31. The molecule has 0 amide bonds. The van der Waals surface area contributed by atoms with Gasteiger partial charge in [0.05, 0.1) is 13.2 Å². The number of hydrogen-bond donors (Lipinski definition) is 1. The van der Waals surface area contributed by atoms with Gasteiger partial charge in [0.25, 0.3) is 0 Å². The molecule has 0 unspecified atom stereocenters. The summed E-state index contributed by atoms with van der Waals surface area (Å²) in [6, 6.07) is 20.4. The highest BCUT2D eigenvalue weighted by atomic mass is 16.5. The zero-order valence-electron chi connectivity index (χ0n) is 10.8. The monoisotopic (exact) mass is 254 g/mol. The molecule has 0 saturated heterocycles. The predicted molar refractivity (Wildman–Crippen MR) is 77.3 cm³/mol. The summed E-state index contributed by atoms with van der Waals surface area (Å²) in [5.74, 6) is 1.99. The minimum Gasteiger partial charge on any atom is -0.384 e. The summed E-state index contributed by atoms with van der Waals surface area (Å²) in [5, 5.41) is 7.64. The Hall–Kier alpha value is -2.08. The first-order valence-electron chi connectivity index (χ1n) is 6.06. The highest BCUT2D eigenvalue weighted by Gasteiger charge is 1.93. The molecule has 2 heteroatoms. The Bertz CT molecular complexity index is 432. The lowest BCUT2D eigenvalue weighted by molar-refractivity contribution is 0.107. The molecule has 0 saturated carbocycles. The Morgan fingerprint density at radius 1 is 0.842 bits per heavy atom. The lowest BCUT2D eigenvalue weighted by Gasteiger charge is -2.03. The van der Waals surface area contributed by atoms with Crippen LogP contribution >= 0.6 is 0 Å². The maximum Gasteiger partial charge on any atom is 0.103 e. The molecular formula is C17H18O2. The number of aliphatic hydroxyl groups excluding tert-OH is 1. The van der Waals surface area contributed by atoms with Crippen molar-refractivity contribution in [2.24, 2.45) is 0 Å². The van der Waals surface area contributed by atoms with Gasteiger partial charge in [-0.05, 0) is 11.1 Å². The molecule has 98 valence electrons. The summed E-state index contributed by atoms with van der Waals surface area (Å²) >= 11 is 0. The van der Waals surface area contributed by atoms with E-state index < -0.39 is 0 Å². The smallest absolute Gasteiger partial charge is 0.103 e. The number of benzene rings is 2. The number of aliphatic hydroxyl groups is 1. The second-order valence-corrected chi connectivity index (χ2v) is 3.83. The fraction of sp³-hybridized carbons (Fsp3) is 0.176. The molecule has 0 aromatic heterocycles. The average Bonchev–Trinajstić information content (AvgIpc) is 2.50. The van der Waals surface area contributed by atoms with Crippen LogP contribution in [0, 0.1) is 12.3 Å². The molecule has 0 aliphatic carbocycles. The average molecular weight is 254 g/mol. The van der Waals surface area contributed by atoms with Crippen LogP contribution in [0.15, 0.2) is 60.7 Å². The minimum atomic E-state index is -0.153. The highest BCUT2D eigenvalue weighted by molar-refractivity contribution is 5.15. The van der Waals surface area contributed by atoms with Crippen molar-refractivity contribution in [1.29, 1.82) is 0 Å². The first kappa shape index (κ1) is 15.0. The SMILES string of the molecule is C#CCO.c1ccc(COCc2ccccc2)cc1. The predicted octanol–water partition coefficient (Wildman–Crippen LogP) is 3.02. The van der Waals surface area contributed by atoms with Crippen LogP contribution in [-0.4, -0.2) is 11.7 Å². The van der Waals surface area contributed by atoms with Gasteiger partial charge in [-0.25, -0.2) is 0 Å². The van der Waals surface area contributed by atoms with Crippen molar-refractivity contribution in [3.8, 4) is 12.3 Å². The van der Waals surface area contributed by atoms with Gasteiger partial charge in [0.1, 0.15) is 6.61 Å². The van der Waals surface area contributed by atoms with Crippen LogP contribution in [0.5, 0.6) is 0 Å². The van der Waals surface area contributed by atoms with Crippen molar-refractivity contribution in [2.45, 2.75) is 13.2 Å². The molecule has 0 spiro atoms. The van der Waals surface area contributed by atoms with Crippen LogP contribution in [0.2, 0.25) is 0 Å². The Morgan fingerprint density at radius 2 is 1.21 bits per heavy atom. The molecule has 1 N–H and O–H groups in total. The first-order chi connectivity index (χ1) is 9.36. The molecule has 0 atom stereocenters. The van der Waals surface area contributed by atoms with Gasteiger partial charge < -0.3 is 9.84 Å². The topological polar surface area (TPSA) is 29.5 Å². The lowest BCUT2D eigenvalue weighted by Crippen LogP contribution is -1.93. The van der Waals surface area contributed by atoms with Gasteiger partial charge in [0.15, 0.2) is 0 Å². The Morgan fingerprint density at radius 3 is 1.53 bits per heavy atom. The van der Waals surface area contributed by atoms with Crippen LogP contribution in [0.1, 0.15) is 11.1 Å². The maximum absolute atomic E-state index is 7.64. The van der Waals surface area contributed by atoms with Crippen molar-refractivity contribution in [1.82, 2.24) is 0 Å².